The van der Waals surface area contributed by atoms with Gasteiger partial charge in [0.25, 0.3) is 0 Å². The van der Waals surface area contributed by atoms with E-state index in [0.717, 1.165) is 18.1 Å². The summed E-state index contributed by atoms with van der Waals surface area (Å²) in [6.45, 7) is 3.23. The van der Waals surface area contributed by atoms with Crippen molar-refractivity contribution in [2.45, 2.75) is 32.6 Å². The first-order valence-electron chi connectivity index (χ1n) is 6.45. The van der Waals surface area contributed by atoms with E-state index in [1.165, 1.54) is 32.0 Å². The average molecular weight is 245 g/mol. The molecular weight excluding hydrogens is 226 g/mol. The number of rotatable bonds is 7. The van der Waals surface area contributed by atoms with Crippen molar-refractivity contribution in [3.8, 4) is 5.82 Å². The summed E-state index contributed by atoms with van der Waals surface area (Å²) < 4.78 is 1.64. The van der Waals surface area contributed by atoms with Gasteiger partial charge in [0.1, 0.15) is 12.7 Å². The third-order valence-electron chi connectivity index (χ3n) is 2.76. The van der Waals surface area contributed by atoms with E-state index < -0.39 is 0 Å². The second-order valence-electron chi connectivity index (χ2n) is 4.23. The zero-order chi connectivity index (χ0) is 12.6. The molecule has 0 unspecified atom stereocenters. The van der Waals surface area contributed by atoms with E-state index in [4.69, 9.17) is 0 Å². The highest BCUT2D eigenvalue weighted by atomic mass is 15.3. The highest BCUT2D eigenvalue weighted by Crippen LogP contribution is 2.09. The molecule has 0 aliphatic heterocycles. The lowest BCUT2D eigenvalue weighted by Crippen LogP contribution is -2.03. The van der Waals surface area contributed by atoms with Crippen LogP contribution in [0.5, 0.6) is 0 Å². The third-order valence-corrected chi connectivity index (χ3v) is 2.76. The highest BCUT2D eigenvalue weighted by Gasteiger charge is 1.98. The molecule has 5 nitrogen and oxygen atoms in total. The van der Waals surface area contributed by atoms with E-state index in [1.54, 1.807) is 11.0 Å². The molecule has 0 aromatic carbocycles. The van der Waals surface area contributed by atoms with Crippen molar-refractivity contribution in [1.82, 2.24) is 19.7 Å². The number of nitrogens with zero attached hydrogens (tertiary/aromatic N) is 4. The Morgan fingerprint density at radius 3 is 2.83 bits per heavy atom. The average Bonchev–Trinajstić information content (AvgIpc) is 2.93. The number of nitrogens with one attached hydrogen (secondary N) is 1. The summed E-state index contributed by atoms with van der Waals surface area (Å²) in [5, 5.41) is 7.40. The molecule has 0 bridgehead atoms. The fourth-order valence-electron chi connectivity index (χ4n) is 1.74. The molecule has 2 aromatic rings. The molecule has 1 N–H and O–H groups in total. The van der Waals surface area contributed by atoms with Gasteiger partial charge in [-0.1, -0.05) is 26.2 Å². The first-order valence-corrected chi connectivity index (χ1v) is 6.45. The van der Waals surface area contributed by atoms with Crippen LogP contribution in [0.4, 0.5) is 5.69 Å². The summed E-state index contributed by atoms with van der Waals surface area (Å²) in [6, 6.07) is 3.95. The summed E-state index contributed by atoms with van der Waals surface area (Å²) in [5.74, 6) is 0.782. The fraction of sp³-hybridized carbons (Fsp3) is 0.462. The van der Waals surface area contributed by atoms with Gasteiger partial charge in [-0.15, -0.1) is 0 Å². The number of anilines is 1. The summed E-state index contributed by atoms with van der Waals surface area (Å²) in [5.41, 5.74) is 1.05. The molecule has 0 atom stereocenters. The Hall–Kier alpha value is -1.91. The van der Waals surface area contributed by atoms with Gasteiger partial charge in [0.05, 0.1) is 11.9 Å². The number of pyridine rings is 1. The minimum absolute atomic E-state index is 0.782. The molecule has 0 spiro atoms. The largest absolute Gasteiger partial charge is 0.384 e. The zero-order valence-electron chi connectivity index (χ0n) is 10.7. The second-order valence-corrected chi connectivity index (χ2v) is 4.23. The first-order chi connectivity index (χ1) is 8.90. The molecule has 0 saturated carbocycles. The van der Waals surface area contributed by atoms with Crippen molar-refractivity contribution >= 4 is 5.69 Å². The Bertz CT molecular complexity index is 435. The van der Waals surface area contributed by atoms with Crippen molar-refractivity contribution in [3.63, 3.8) is 0 Å². The number of hydrogen-bond acceptors (Lipinski definition) is 4. The predicted octanol–water partition coefficient (Wildman–Crippen LogP) is 2.65. The van der Waals surface area contributed by atoms with Crippen molar-refractivity contribution in [3.05, 3.63) is 31.0 Å². The van der Waals surface area contributed by atoms with Crippen LogP contribution in [0.2, 0.25) is 0 Å². The van der Waals surface area contributed by atoms with Gasteiger partial charge < -0.3 is 5.32 Å². The molecule has 96 valence electrons. The standard InChI is InChI=1S/C13H19N5/c1-2-3-4-5-8-15-12-6-7-13(16-9-12)18-11-14-10-17-18/h6-7,9-11,15H,2-5,8H2,1H3. The molecule has 0 amide bonds. The van der Waals surface area contributed by atoms with Gasteiger partial charge in [0, 0.05) is 6.54 Å². The van der Waals surface area contributed by atoms with E-state index in [0.29, 0.717) is 0 Å². The molecule has 18 heavy (non-hydrogen) atoms. The third kappa shape index (κ3) is 3.55. The van der Waals surface area contributed by atoms with Crippen molar-refractivity contribution < 1.29 is 0 Å². The van der Waals surface area contributed by atoms with E-state index in [9.17, 15) is 0 Å². The Morgan fingerprint density at radius 1 is 1.22 bits per heavy atom. The summed E-state index contributed by atoms with van der Waals surface area (Å²) >= 11 is 0. The molecule has 0 aliphatic carbocycles. The predicted molar refractivity (Wildman–Crippen MR) is 71.8 cm³/mol. The van der Waals surface area contributed by atoms with E-state index in [-0.39, 0.29) is 0 Å². The summed E-state index contributed by atoms with van der Waals surface area (Å²) in [7, 11) is 0. The lowest BCUT2D eigenvalue weighted by atomic mass is 10.2. The molecule has 2 aromatic heterocycles. The molecule has 2 rings (SSSR count). The van der Waals surface area contributed by atoms with E-state index in [1.807, 2.05) is 18.3 Å². The quantitative estimate of drug-likeness (QED) is 0.762. The zero-order valence-corrected chi connectivity index (χ0v) is 10.7. The molecule has 0 radical (unpaired) electrons. The van der Waals surface area contributed by atoms with Crippen LogP contribution in [0.25, 0.3) is 5.82 Å². The molecule has 5 heteroatoms. The van der Waals surface area contributed by atoms with Crippen LogP contribution in [-0.4, -0.2) is 26.3 Å². The maximum absolute atomic E-state index is 4.33. The first kappa shape index (κ1) is 12.5. The Kier molecular flexibility index (Phi) is 4.69. The second kappa shape index (κ2) is 6.74. The monoisotopic (exact) mass is 245 g/mol. The van der Waals surface area contributed by atoms with Gasteiger partial charge in [-0.2, -0.15) is 5.10 Å². The lowest BCUT2D eigenvalue weighted by Gasteiger charge is -2.06. The Morgan fingerprint density at radius 2 is 2.17 bits per heavy atom. The topological polar surface area (TPSA) is 55.6 Å². The summed E-state index contributed by atoms with van der Waals surface area (Å²) in [4.78, 5) is 8.23. The lowest BCUT2D eigenvalue weighted by molar-refractivity contribution is 0.685. The van der Waals surface area contributed by atoms with Gasteiger partial charge in [-0.25, -0.2) is 14.6 Å². The van der Waals surface area contributed by atoms with Crippen molar-refractivity contribution in [1.29, 1.82) is 0 Å². The summed E-state index contributed by atoms with van der Waals surface area (Å²) in [6.07, 6.45) is 10.0. The van der Waals surface area contributed by atoms with Crippen molar-refractivity contribution in [2.24, 2.45) is 0 Å². The van der Waals surface area contributed by atoms with Gasteiger partial charge in [-0.05, 0) is 18.6 Å². The van der Waals surface area contributed by atoms with Crippen LogP contribution >= 0.6 is 0 Å². The van der Waals surface area contributed by atoms with Gasteiger partial charge in [-0.3, -0.25) is 0 Å². The molecule has 2 heterocycles. The minimum atomic E-state index is 0.782. The number of aromatic nitrogens is 4. The molecule has 0 fully saturated rings. The Balaban J connectivity index is 1.81. The van der Waals surface area contributed by atoms with Crippen LogP contribution in [0.3, 0.4) is 0 Å². The maximum atomic E-state index is 4.33. The SMILES string of the molecule is CCCCCCNc1ccc(-n2cncn2)nc1. The van der Waals surface area contributed by atoms with Crippen molar-refractivity contribution in [2.75, 3.05) is 11.9 Å². The van der Waals surface area contributed by atoms with Crippen LogP contribution in [0.15, 0.2) is 31.0 Å². The smallest absolute Gasteiger partial charge is 0.155 e. The maximum Gasteiger partial charge on any atom is 0.155 e. The highest BCUT2D eigenvalue weighted by molar-refractivity contribution is 5.43. The minimum Gasteiger partial charge on any atom is -0.384 e. The van der Waals surface area contributed by atoms with E-state index >= 15 is 0 Å². The van der Waals surface area contributed by atoms with Gasteiger partial charge >= 0.3 is 0 Å². The molecule has 0 aliphatic rings. The normalized spacial score (nSPS) is 10.5. The fourth-order valence-corrected chi connectivity index (χ4v) is 1.74. The van der Waals surface area contributed by atoms with Crippen LogP contribution < -0.4 is 5.32 Å². The van der Waals surface area contributed by atoms with Crippen LogP contribution in [-0.2, 0) is 0 Å². The van der Waals surface area contributed by atoms with Crippen LogP contribution in [0, 0.1) is 0 Å². The van der Waals surface area contributed by atoms with E-state index in [2.05, 4.69) is 27.3 Å². The number of unbranched alkanes of at least 4 members (excludes halogenated alkanes) is 3. The molecular formula is C13H19N5. The molecule has 0 saturated heterocycles. The van der Waals surface area contributed by atoms with Crippen LogP contribution in [0.1, 0.15) is 32.6 Å². The Labute approximate surface area is 107 Å². The van der Waals surface area contributed by atoms with Gasteiger partial charge in [0.2, 0.25) is 0 Å². The van der Waals surface area contributed by atoms with Gasteiger partial charge in [0.15, 0.2) is 5.82 Å². The number of hydrogen-bond donors (Lipinski definition) is 1.